The van der Waals surface area contributed by atoms with Crippen molar-refractivity contribution in [3.8, 4) is 0 Å². The van der Waals surface area contributed by atoms with Crippen LogP contribution >= 0.6 is 0 Å². The molecule has 26 heavy (non-hydrogen) atoms. The van der Waals surface area contributed by atoms with Crippen LogP contribution in [0.25, 0.3) is 0 Å². The summed E-state index contributed by atoms with van der Waals surface area (Å²) in [5.74, 6) is 0. The summed E-state index contributed by atoms with van der Waals surface area (Å²) in [7, 11) is 0. The minimum absolute atomic E-state index is 0.00787. The Balaban J connectivity index is 1.74. The van der Waals surface area contributed by atoms with Gasteiger partial charge in [0, 0.05) is 50.8 Å². The lowest BCUT2D eigenvalue weighted by molar-refractivity contribution is -0.0659. The summed E-state index contributed by atoms with van der Waals surface area (Å²) >= 11 is 0. The van der Waals surface area contributed by atoms with E-state index in [1.54, 1.807) is 4.90 Å². The number of morpholine rings is 1. The van der Waals surface area contributed by atoms with Gasteiger partial charge in [0.15, 0.2) is 0 Å². The average molecular weight is 361 g/mol. The van der Waals surface area contributed by atoms with Crippen LogP contribution in [0.2, 0.25) is 0 Å². The number of carboxylic acid groups (broad SMARTS) is 1. The van der Waals surface area contributed by atoms with Gasteiger partial charge in [-0.3, -0.25) is 9.80 Å². The first-order valence-corrected chi connectivity index (χ1v) is 9.57. The van der Waals surface area contributed by atoms with Gasteiger partial charge in [0.05, 0.1) is 12.7 Å². The third-order valence-corrected chi connectivity index (χ3v) is 5.61. The van der Waals surface area contributed by atoms with Gasteiger partial charge in [-0.15, -0.1) is 0 Å². The van der Waals surface area contributed by atoms with Crippen molar-refractivity contribution >= 4 is 6.09 Å². The summed E-state index contributed by atoms with van der Waals surface area (Å²) in [5.41, 5.74) is 1.27. The highest BCUT2D eigenvalue weighted by atomic mass is 16.5. The number of rotatable bonds is 4. The first-order chi connectivity index (χ1) is 12.4. The van der Waals surface area contributed by atoms with Crippen molar-refractivity contribution in [1.82, 2.24) is 14.7 Å². The highest BCUT2D eigenvalue weighted by Crippen LogP contribution is 2.21. The zero-order valence-electron chi connectivity index (χ0n) is 16.0. The summed E-state index contributed by atoms with van der Waals surface area (Å²) in [6, 6.07) is 11.0. The maximum absolute atomic E-state index is 11.7. The number of ether oxygens (including phenoxy) is 1. The van der Waals surface area contributed by atoms with E-state index in [9.17, 15) is 9.90 Å². The van der Waals surface area contributed by atoms with E-state index in [2.05, 4.69) is 47.9 Å². The van der Waals surface area contributed by atoms with Gasteiger partial charge < -0.3 is 14.7 Å². The molecule has 2 aliphatic rings. The lowest BCUT2D eigenvalue weighted by atomic mass is 10.0. The van der Waals surface area contributed by atoms with Crippen molar-refractivity contribution < 1.29 is 14.6 Å². The van der Waals surface area contributed by atoms with E-state index in [-0.39, 0.29) is 18.2 Å². The lowest BCUT2D eigenvalue weighted by Crippen LogP contribution is -2.62. The molecule has 0 aromatic heterocycles. The molecule has 0 saturated carbocycles. The van der Waals surface area contributed by atoms with Crippen molar-refractivity contribution in [2.24, 2.45) is 0 Å². The maximum atomic E-state index is 11.7. The molecule has 0 unspecified atom stereocenters. The fourth-order valence-electron chi connectivity index (χ4n) is 4.06. The van der Waals surface area contributed by atoms with Crippen LogP contribution in [0.15, 0.2) is 30.3 Å². The minimum atomic E-state index is -0.815. The van der Waals surface area contributed by atoms with Gasteiger partial charge in [-0.05, 0) is 26.3 Å². The fraction of sp³-hybridized carbons (Fsp3) is 0.650. The van der Waals surface area contributed by atoms with Gasteiger partial charge in [0.2, 0.25) is 0 Å². The second-order valence-corrected chi connectivity index (χ2v) is 7.80. The number of carbonyl (C=O) groups is 1. The van der Waals surface area contributed by atoms with Gasteiger partial charge in [-0.1, -0.05) is 30.3 Å². The number of hydrogen-bond donors (Lipinski definition) is 1. The Labute approximate surface area is 156 Å². The Bertz CT molecular complexity index is 597. The Morgan fingerprint density at radius 2 is 1.81 bits per heavy atom. The van der Waals surface area contributed by atoms with Crippen LogP contribution in [0, 0.1) is 0 Å². The van der Waals surface area contributed by atoms with Gasteiger partial charge in [-0.25, -0.2) is 4.79 Å². The smallest absolute Gasteiger partial charge is 0.407 e. The molecule has 144 valence electrons. The molecule has 2 fully saturated rings. The third kappa shape index (κ3) is 4.55. The van der Waals surface area contributed by atoms with Crippen molar-refractivity contribution in [2.75, 3.05) is 32.8 Å². The van der Waals surface area contributed by atoms with Crippen LogP contribution < -0.4 is 0 Å². The standard InChI is InChI=1S/C20H31N3O3/c1-15-9-22(11-18-7-5-4-6-8-18)19(13-23(15)20(24)25)12-21-10-17(3)26-14-16(21)2/h4-8,15-17,19H,9-14H2,1-3H3,(H,24,25)/t15-,16-,17+,19+/m1/s1. The highest BCUT2D eigenvalue weighted by molar-refractivity contribution is 5.65. The zero-order valence-corrected chi connectivity index (χ0v) is 16.0. The largest absolute Gasteiger partial charge is 0.465 e. The molecule has 6 heteroatoms. The Morgan fingerprint density at radius 1 is 1.08 bits per heavy atom. The molecule has 0 bridgehead atoms. The molecular weight excluding hydrogens is 330 g/mol. The molecule has 2 aliphatic heterocycles. The Kier molecular flexibility index (Phi) is 6.16. The maximum Gasteiger partial charge on any atom is 0.407 e. The highest BCUT2D eigenvalue weighted by Gasteiger charge is 2.36. The fourth-order valence-corrected chi connectivity index (χ4v) is 4.06. The summed E-state index contributed by atoms with van der Waals surface area (Å²) in [4.78, 5) is 18.2. The first-order valence-electron chi connectivity index (χ1n) is 9.57. The van der Waals surface area contributed by atoms with E-state index in [1.807, 2.05) is 13.0 Å². The quantitative estimate of drug-likeness (QED) is 0.892. The van der Waals surface area contributed by atoms with Gasteiger partial charge in [0.1, 0.15) is 0 Å². The molecule has 0 radical (unpaired) electrons. The molecule has 6 nitrogen and oxygen atoms in total. The van der Waals surface area contributed by atoms with Crippen LogP contribution in [-0.2, 0) is 11.3 Å². The SMILES string of the molecule is C[C@@H]1CO[C@@H](C)CN1C[C@H]1CN(C(=O)O)[C@H](C)CN1Cc1ccccc1. The normalized spacial score (nSPS) is 31.1. The molecule has 0 aliphatic carbocycles. The molecule has 3 rings (SSSR count). The van der Waals surface area contributed by atoms with Crippen molar-refractivity contribution in [3.63, 3.8) is 0 Å². The second kappa shape index (κ2) is 8.37. The number of benzene rings is 1. The van der Waals surface area contributed by atoms with Crippen LogP contribution in [0.5, 0.6) is 0 Å². The molecule has 1 aromatic rings. The predicted octanol–water partition coefficient (Wildman–Crippen LogP) is 2.35. The molecule has 4 atom stereocenters. The molecule has 2 saturated heterocycles. The van der Waals surface area contributed by atoms with Crippen molar-refractivity contribution in [1.29, 1.82) is 0 Å². The Hall–Kier alpha value is -1.63. The van der Waals surface area contributed by atoms with Crippen LogP contribution in [0.4, 0.5) is 4.79 Å². The average Bonchev–Trinajstić information content (AvgIpc) is 2.61. The van der Waals surface area contributed by atoms with E-state index < -0.39 is 6.09 Å². The van der Waals surface area contributed by atoms with E-state index in [0.717, 1.165) is 32.8 Å². The molecule has 1 aromatic carbocycles. The summed E-state index contributed by atoms with van der Waals surface area (Å²) in [5, 5.41) is 9.58. The summed E-state index contributed by atoms with van der Waals surface area (Å²) in [6.07, 6.45) is -0.586. The lowest BCUT2D eigenvalue weighted by Gasteiger charge is -2.47. The molecule has 1 N–H and O–H groups in total. The van der Waals surface area contributed by atoms with Crippen molar-refractivity contribution in [3.05, 3.63) is 35.9 Å². The summed E-state index contributed by atoms with van der Waals surface area (Å²) < 4.78 is 5.75. The number of amides is 1. The molecule has 0 spiro atoms. The molecule has 1 amide bonds. The van der Waals surface area contributed by atoms with Crippen molar-refractivity contribution in [2.45, 2.75) is 51.5 Å². The van der Waals surface area contributed by atoms with Crippen LogP contribution in [-0.4, -0.2) is 82.9 Å². The monoisotopic (exact) mass is 361 g/mol. The number of nitrogens with zero attached hydrogens (tertiary/aromatic N) is 3. The molecule has 2 heterocycles. The van der Waals surface area contributed by atoms with E-state index in [1.165, 1.54) is 5.56 Å². The topological polar surface area (TPSA) is 56.3 Å². The predicted molar refractivity (Wildman–Crippen MR) is 101 cm³/mol. The van der Waals surface area contributed by atoms with Crippen LogP contribution in [0.1, 0.15) is 26.3 Å². The van der Waals surface area contributed by atoms with Gasteiger partial charge >= 0.3 is 6.09 Å². The van der Waals surface area contributed by atoms with E-state index in [4.69, 9.17) is 4.74 Å². The van der Waals surface area contributed by atoms with Gasteiger partial charge in [0.25, 0.3) is 0 Å². The second-order valence-electron chi connectivity index (χ2n) is 7.80. The van der Waals surface area contributed by atoms with Gasteiger partial charge in [-0.2, -0.15) is 0 Å². The zero-order chi connectivity index (χ0) is 18.7. The summed E-state index contributed by atoms with van der Waals surface area (Å²) in [6.45, 7) is 11.0. The Morgan fingerprint density at radius 3 is 2.50 bits per heavy atom. The van der Waals surface area contributed by atoms with E-state index in [0.29, 0.717) is 12.6 Å². The number of hydrogen-bond acceptors (Lipinski definition) is 4. The third-order valence-electron chi connectivity index (χ3n) is 5.61. The van der Waals surface area contributed by atoms with E-state index >= 15 is 0 Å². The van der Waals surface area contributed by atoms with Crippen LogP contribution in [0.3, 0.4) is 0 Å². The molecular formula is C20H31N3O3. The number of piperazine rings is 1. The minimum Gasteiger partial charge on any atom is -0.465 e. The first kappa shape index (κ1) is 19.1.